The number of benzene rings is 11. The lowest BCUT2D eigenvalue weighted by Gasteiger charge is -2.19. The van der Waals surface area contributed by atoms with Crippen LogP contribution in [0.4, 0.5) is 0 Å². The monoisotopic (exact) mass is 768 g/mol. The number of thiophene rings is 2. The van der Waals surface area contributed by atoms with E-state index in [9.17, 15) is 0 Å². The third-order valence-corrected chi connectivity index (χ3v) is 15.0. The van der Waals surface area contributed by atoms with Gasteiger partial charge in [0.2, 0.25) is 0 Å². The van der Waals surface area contributed by atoms with Gasteiger partial charge < -0.3 is 0 Å². The van der Waals surface area contributed by atoms with Crippen LogP contribution in [0.2, 0.25) is 0 Å². The van der Waals surface area contributed by atoms with E-state index in [1.165, 1.54) is 128 Å². The van der Waals surface area contributed by atoms with Crippen molar-refractivity contribution in [2.75, 3.05) is 0 Å². The first kappa shape index (κ1) is 32.3. The zero-order chi connectivity index (χ0) is 37.9. The Labute approximate surface area is 342 Å². The van der Waals surface area contributed by atoms with Crippen molar-refractivity contribution in [3.8, 4) is 33.4 Å². The highest BCUT2D eigenvalue weighted by molar-refractivity contribution is 7.33. The molecule has 58 heavy (non-hydrogen) atoms. The molecule has 2 aromatic heterocycles. The molecule has 0 spiro atoms. The lowest BCUT2D eigenvalue weighted by molar-refractivity contribution is 1.67. The Morgan fingerprint density at radius 3 is 1.48 bits per heavy atom. The van der Waals surface area contributed by atoms with E-state index in [4.69, 9.17) is 0 Å². The molecule has 13 aromatic rings. The van der Waals surface area contributed by atoms with Crippen molar-refractivity contribution < 1.29 is 0 Å². The van der Waals surface area contributed by atoms with E-state index in [1.807, 2.05) is 22.7 Å². The van der Waals surface area contributed by atoms with Crippen LogP contribution in [-0.2, 0) is 0 Å². The van der Waals surface area contributed by atoms with E-state index in [1.54, 1.807) is 0 Å². The Bertz CT molecular complexity index is 3860. The Hall–Kier alpha value is -6.84. The first-order chi connectivity index (χ1) is 28.7. The predicted molar refractivity (Wildman–Crippen MR) is 256 cm³/mol. The second-order valence-corrected chi connectivity index (χ2v) is 17.6. The zero-order valence-electron chi connectivity index (χ0n) is 31.3. The smallest absolute Gasteiger partial charge is 0.0534 e. The SMILES string of the molecule is c1ccc2cc(-c3c4ccccc4c(-c4ccc5ccccc5c4)c4cc(-c5cccc6c5sc5c6ccc6c5sc5ccc7ccccc7c56)ccc34)ccc2c1. The summed E-state index contributed by atoms with van der Waals surface area (Å²) in [5.74, 6) is 0. The molecule has 0 aliphatic rings. The maximum atomic E-state index is 2.48. The molecule has 0 amide bonds. The Morgan fingerprint density at radius 2 is 0.759 bits per heavy atom. The second-order valence-electron chi connectivity index (χ2n) is 15.5. The Balaban J connectivity index is 1.10. The maximum absolute atomic E-state index is 2.48. The van der Waals surface area contributed by atoms with Gasteiger partial charge in [0.25, 0.3) is 0 Å². The summed E-state index contributed by atoms with van der Waals surface area (Å²) in [5, 5.41) is 18.1. The van der Waals surface area contributed by atoms with Gasteiger partial charge in [0.15, 0.2) is 0 Å². The summed E-state index contributed by atoms with van der Waals surface area (Å²) in [6, 6.07) is 72.6. The highest BCUT2D eigenvalue weighted by Gasteiger charge is 2.20. The summed E-state index contributed by atoms with van der Waals surface area (Å²) in [4.78, 5) is 0. The molecule has 0 nitrogen and oxygen atoms in total. The summed E-state index contributed by atoms with van der Waals surface area (Å²) in [6.45, 7) is 0. The molecule has 0 aliphatic heterocycles. The zero-order valence-corrected chi connectivity index (χ0v) is 32.9. The minimum absolute atomic E-state index is 1.24. The lowest BCUT2D eigenvalue weighted by atomic mass is 9.84. The molecule has 2 heteroatoms. The fourth-order valence-corrected chi connectivity index (χ4v) is 12.4. The predicted octanol–water partition coefficient (Wildman–Crippen LogP) is 17.2. The third kappa shape index (κ3) is 4.68. The molecule has 0 unspecified atom stereocenters. The highest BCUT2D eigenvalue weighted by Crippen LogP contribution is 2.50. The molecule has 0 atom stereocenters. The van der Waals surface area contributed by atoms with E-state index in [2.05, 4.69) is 194 Å². The van der Waals surface area contributed by atoms with Crippen molar-refractivity contribution in [3.05, 3.63) is 194 Å². The lowest BCUT2D eigenvalue weighted by Crippen LogP contribution is -1.92. The van der Waals surface area contributed by atoms with Gasteiger partial charge in [0.1, 0.15) is 0 Å². The van der Waals surface area contributed by atoms with E-state index < -0.39 is 0 Å². The van der Waals surface area contributed by atoms with Crippen LogP contribution in [0.3, 0.4) is 0 Å². The molecular formula is C56H32S2. The van der Waals surface area contributed by atoms with Gasteiger partial charge in [0, 0.05) is 30.9 Å². The summed E-state index contributed by atoms with van der Waals surface area (Å²) in [6.07, 6.45) is 0. The molecule has 0 N–H and O–H groups in total. The van der Waals surface area contributed by atoms with Gasteiger partial charge in [0.05, 0.1) is 9.40 Å². The minimum atomic E-state index is 1.24. The Morgan fingerprint density at radius 1 is 0.259 bits per heavy atom. The van der Waals surface area contributed by atoms with Crippen molar-refractivity contribution in [2.24, 2.45) is 0 Å². The van der Waals surface area contributed by atoms with Gasteiger partial charge in [-0.25, -0.2) is 0 Å². The van der Waals surface area contributed by atoms with Gasteiger partial charge in [-0.15, -0.1) is 22.7 Å². The first-order valence-corrected chi connectivity index (χ1v) is 21.5. The van der Waals surface area contributed by atoms with E-state index in [0.717, 1.165) is 0 Å². The van der Waals surface area contributed by atoms with Crippen molar-refractivity contribution in [1.82, 2.24) is 0 Å². The topological polar surface area (TPSA) is 0 Å². The van der Waals surface area contributed by atoms with Crippen LogP contribution < -0.4 is 0 Å². The first-order valence-electron chi connectivity index (χ1n) is 19.9. The van der Waals surface area contributed by atoms with E-state index >= 15 is 0 Å². The van der Waals surface area contributed by atoms with Crippen molar-refractivity contribution >= 4 is 117 Å². The van der Waals surface area contributed by atoms with Crippen LogP contribution in [0.1, 0.15) is 0 Å². The summed E-state index contributed by atoms with van der Waals surface area (Å²) < 4.78 is 5.46. The van der Waals surface area contributed by atoms with Gasteiger partial charge in [-0.1, -0.05) is 170 Å². The minimum Gasteiger partial charge on any atom is -0.134 e. The molecule has 268 valence electrons. The number of hydrogen-bond acceptors (Lipinski definition) is 2. The normalized spacial score (nSPS) is 12.1. The molecular weight excluding hydrogens is 737 g/mol. The van der Waals surface area contributed by atoms with Crippen molar-refractivity contribution in [1.29, 1.82) is 0 Å². The van der Waals surface area contributed by atoms with Crippen LogP contribution in [-0.4, -0.2) is 0 Å². The number of hydrogen-bond donors (Lipinski definition) is 0. The average molecular weight is 769 g/mol. The molecule has 0 bridgehead atoms. The average Bonchev–Trinajstić information content (AvgIpc) is 3.87. The molecule has 13 rings (SSSR count). The van der Waals surface area contributed by atoms with Gasteiger partial charge in [-0.3, -0.25) is 0 Å². The number of rotatable bonds is 3. The largest absolute Gasteiger partial charge is 0.134 e. The van der Waals surface area contributed by atoms with E-state index in [0.29, 0.717) is 0 Å². The molecule has 0 saturated carbocycles. The van der Waals surface area contributed by atoms with Gasteiger partial charge in [-0.05, 0) is 112 Å². The fraction of sp³-hybridized carbons (Fsp3) is 0. The Kier molecular flexibility index (Phi) is 6.86. The quantitative estimate of drug-likeness (QED) is 0.157. The summed E-state index contributed by atoms with van der Waals surface area (Å²) in [5.41, 5.74) is 7.57. The number of fused-ring (bicyclic) bond motifs is 13. The second kappa shape index (κ2) is 12.3. The third-order valence-electron chi connectivity index (χ3n) is 12.4. The molecule has 0 fully saturated rings. The molecule has 2 heterocycles. The van der Waals surface area contributed by atoms with Gasteiger partial charge in [-0.2, -0.15) is 0 Å². The van der Waals surface area contributed by atoms with Crippen LogP contribution >= 0.6 is 22.7 Å². The van der Waals surface area contributed by atoms with Crippen molar-refractivity contribution in [3.63, 3.8) is 0 Å². The van der Waals surface area contributed by atoms with Gasteiger partial charge >= 0.3 is 0 Å². The summed E-state index contributed by atoms with van der Waals surface area (Å²) in [7, 11) is 0. The standard InChI is InChI=1S/C56H32S2/c1-3-13-36-30-39(22-20-33(36)10-1)51-43-16-7-8-17-44(43)52(40-23-21-34-11-2-4-14-37(34)31-40)49-32-38(24-26-45(49)51)42-18-9-19-46-47-27-28-48-53-41-15-6-5-12-35(41)25-29-50(53)57-56(48)55(47)58-54(42)46/h1-32H. The van der Waals surface area contributed by atoms with E-state index in [-0.39, 0.29) is 0 Å². The van der Waals surface area contributed by atoms with Crippen LogP contribution in [0, 0.1) is 0 Å². The van der Waals surface area contributed by atoms with Crippen LogP contribution in [0.5, 0.6) is 0 Å². The highest BCUT2D eigenvalue weighted by atomic mass is 32.1. The van der Waals surface area contributed by atoms with Crippen molar-refractivity contribution in [2.45, 2.75) is 0 Å². The molecule has 0 saturated heterocycles. The molecule has 0 radical (unpaired) electrons. The van der Waals surface area contributed by atoms with Crippen LogP contribution in [0.25, 0.3) is 128 Å². The summed E-state index contributed by atoms with van der Waals surface area (Å²) >= 11 is 3.89. The van der Waals surface area contributed by atoms with Crippen LogP contribution in [0.15, 0.2) is 194 Å². The fourth-order valence-electron chi connectivity index (χ4n) is 9.74. The maximum Gasteiger partial charge on any atom is 0.0534 e. The molecule has 11 aromatic carbocycles. The molecule has 0 aliphatic carbocycles.